The number of hydrazone groups is 1. The third kappa shape index (κ3) is 6.96. The first kappa shape index (κ1) is 23.6. The minimum Gasteiger partial charge on any atom is -0.490 e. The van der Waals surface area contributed by atoms with E-state index in [1.807, 2.05) is 37.3 Å². The fraction of sp³-hybridized carbons (Fsp3) is 0.261. The first-order chi connectivity index (χ1) is 15.6. The summed E-state index contributed by atoms with van der Waals surface area (Å²) in [5.41, 5.74) is 5.19. The Morgan fingerprint density at radius 3 is 2.69 bits per heavy atom. The Hall–Kier alpha value is -3.10. The lowest BCUT2D eigenvalue weighted by atomic mass is 10.2. The first-order valence-electron chi connectivity index (χ1n) is 10.1. The van der Waals surface area contributed by atoms with E-state index in [1.165, 1.54) is 11.3 Å². The number of thiazole rings is 1. The summed E-state index contributed by atoms with van der Waals surface area (Å²) >= 11 is 7.78. The van der Waals surface area contributed by atoms with Crippen molar-refractivity contribution in [3.63, 3.8) is 0 Å². The van der Waals surface area contributed by atoms with Crippen LogP contribution < -0.4 is 14.9 Å². The van der Waals surface area contributed by atoms with Gasteiger partial charge in [0.05, 0.1) is 36.6 Å². The monoisotopic (exact) mass is 473 g/mol. The summed E-state index contributed by atoms with van der Waals surface area (Å²) in [4.78, 5) is 15.9. The third-order valence-corrected chi connectivity index (χ3v) is 5.27. The summed E-state index contributed by atoms with van der Waals surface area (Å²) in [7, 11) is 0. The maximum absolute atomic E-state index is 11.6. The largest absolute Gasteiger partial charge is 0.490 e. The predicted molar refractivity (Wildman–Crippen MR) is 127 cm³/mol. The van der Waals surface area contributed by atoms with Gasteiger partial charge in [-0.2, -0.15) is 5.10 Å². The molecule has 0 saturated heterocycles. The van der Waals surface area contributed by atoms with Gasteiger partial charge < -0.3 is 14.2 Å². The van der Waals surface area contributed by atoms with Gasteiger partial charge in [-0.3, -0.25) is 10.2 Å². The molecule has 7 nitrogen and oxygen atoms in total. The lowest BCUT2D eigenvalue weighted by Crippen LogP contribution is -2.07. The van der Waals surface area contributed by atoms with Gasteiger partial charge in [-0.1, -0.05) is 41.9 Å². The van der Waals surface area contributed by atoms with Crippen LogP contribution >= 0.6 is 22.9 Å². The molecule has 0 spiro atoms. The van der Waals surface area contributed by atoms with E-state index >= 15 is 0 Å². The maximum atomic E-state index is 11.6. The molecule has 0 bridgehead atoms. The van der Waals surface area contributed by atoms with E-state index in [0.717, 1.165) is 5.56 Å². The normalized spacial score (nSPS) is 10.8. The number of halogens is 1. The van der Waals surface area contributed by atoms with E-state index in [2.05, 4.69) is 15.5 Å². The molecule has 0 aliphatic rings. The molecule has 0 aliphatic carbocycles. The van der Waals surface area contributed by atoms with Gasteiger partial charge in [0.1, 0.15) is 6.61 Å². The molecular weight excluding hydrogens is 450 g/mol. The molecule has 0 amide bonds. The Kier molecular flexibility index (Phi) is 8.89. The molecule has 32 heavy (non-hydrogen) atoms. The quantitative estimate of drug-likeness (QED) is 0.230. The Morgan fingerprint density at radius 1 is 1.16 bits per heavy atom. The summed E-state index contributed by atoms with van der Waals surface area (Å²) in [5.74, 6) is 0.840. The van der Waals surface area contributed by atoms with Crippen LogP contribution in [0.25, 0.3) is 0 Å². The number of carbonyl (C=O) groups is 1. The van der Waals surface area contributed by atoms with Crippen molar-refractivity contribution in [3.8, 4) is 11.5 Å². The van der Waals surface area contributed by atoms with E-state index in [4.69, 9.17) is 25.8 Å². The molecule has 1 heterocycles. The third-order valence-electron chi connectivity index (χ3n) is 4.15. The van der Waals surface area contributed by atoms with Crippen molar-refractivity contribution < 1.29 is 19.0 Å². The Balaban J connectivity index is 1.65. The van der Waals surface area contributed by atoms with Gasteiger partial charge in [0, 0.05) is 17.0 Å². The molecule has 3 rings (SSSR count). The van der Waals surface area contributed by atoms with Crippen molar-refractivity contribution in [1.29, 1.82) is 0 Å². The molecule has 9 heteroatoms. The van der Waals surface area contributed by atoms with Crippen molar-refractivity contribution in [2.75, 3.05) is 18.6 Å². The van der Waals surface area contributed by atoms with Crippen LogP contribution in [0.4, 0.5) is 5.13 Å². The number of ether oxygens (including phenoxy) is 3. The van der Waals surface area contributed by atoms with Crippen molar-refractivity contribution in [2.45, 2.75) is 26.9 Å². The molecule has 2 aromatic carbocycles. The number of aromatic nitrogens is 1. The highest BCUT2D eigenvalue weighted by Gasteiger charge is 2.11. The number of nitrogens with one attached hydrogen (secondary N) is 1. The molecule has 1 N–H and O–H groups in total. The number of hydrogen-bond donors (Lipinski definition) is 1. The summed E-state index contributed by atoms with van der Waals surface area (Å²) in [6.07, 6.45) is 1.71. The fourth-order valence-corrected chi connectivity index (χ4v) is 3.58. The molecule has 0 aliphatic heterocycles. The van der Waals surface area contributed by atoms with Crippen LogP contribution in [0.5, 0.6) is 11.5 Å². The van der Waals surface area contributed by atoms with Gasteiger partial charge in [-0.05, 0) is 25.5 Å². The van der Waals surface area contributed by atoms with Gasteiger partial charge >= 0.3 is 5.97 Å². The number of anilines is 1. The molecule has 0 unspecified atom stereocenters. The maximum Gasteiger partial charge on any atom is 0.311 e. The second kappa shape index (κ2) is 12.1. The highest BCUT2D eigenvalue weighted by Crippen LogP contribution is 2.33. The van der Waals surface area contributed by atoms with Crippen molar-refractivity contribution in [2.24, 2.45) is 5.10 Å². The van der Waals surface area contributed by atoms with Gasteiger partial charge in [0.15, 0.2) is 11.5 Å². The number of rotatable bonds is 11. The average Bonchev–Trinajstić information content (AvgIpc) is 3.22. The van der Waals surface area contributed by atoms with Gasteiger partial charge in [-0.25, -0.2) is 4.98 Å². The molecule has 1 aromatic heterocycles. The highest BCUT2D eigenvalue weighted by molar-refractivity contribution is 7.13. The number of benzene rings is 2. The SMILES string of the molecule is CCOC(=O)Cc1csc(NN=Cc2cc(OCC)c(OCc3ccccc3)cc2Cl)n1. The smallest absolute Gasteiger partial charge is 0.311 e. The number of esters is 1. The number of carbonyl (C=O) groups excluding carboxylic acids is 1. The highest BCUT2D eigenvalue weighted by atomic mass is 35.5. The molecular formula is C23H24ClN3O4S. The molecule has 3 aromatic rings. The fourth-order valence-electron chi connectivity index (χ4n) is 2.72. The van der Waals surface area contributed by atoms with E-state index in [-0.39, 0.29) is 12.4 Å². The Morgan fingerprint density at radius 2 is 1.94 bits per heavy atom. The van der Waals surface area contributed by atoms with Crippen molar-refractivity contribution in [3.05, 3.63) is 69.7 Å². The lowest BCUT2D eigenvalue weighted by molar-refractivity contribution is -0.142. The number of hydrogen-bond acceptors (Lipinski definition) is 8. The summed E-state index contributed by atoms with van der Waals surface area (Å²) in [5, 5.41) is 7.02. The minimum absolute atomic E-state index is 0.129. The summed E-state index contributed by atoms with van der Waals surface area (Å²) < 4.78 is 16.6. The van der Waals surface area contributed by atoms with E-state index in [0.29, 0.717) is 52.7 Å². The summed E-state index contributed by atoms with van der Waals surface area (Å²) in [6.45, 7) is 4.91. The zero-order chi connectivity index (χ0) is 22.8. The van der Waals surface area contributed by atoms with Crippen LogP contribution in [0, 0.1) is 0 Å². The van der Waals surface area contributed by atoms with Crippen LogP contribution in [0.2, 0.25) is 5.02 Å². The standard InChI is InChI=1S/C23H24ClN3O4S/c1-3-29-20-10-17(19(24)12-21(20)31-14-16-8-6-5-7-9-16)13-25-27-23-26-18(15-32-23)11-22(28)30-4-2/h5-10,12-13,15H,3-4,11,14H2,1-2H3,(H,26,27). The molecule has 0 fully saturated rings. The molecule has 0 saturated carbocycles. The molecule has 0 radical (unpaired) electrons. The van der Waals surface area contributed by atoms with Crippen LogP contribution in [0.1, 0.15) is 30.7 Å². The van der Waals surface area contributed by atoms with E-state index < -0.39 is 0 Å². The topological polar surface area (TPSA) is 82.0 Å². The van der Waals surface area contributed by atoms with E-state index in [1.54, 1.807) is 30.7 Å². The van der Waals surface area contributed by atoms with E-state index in [9.17, 15) is 4.79 Å². The Bertz CT molecular complexity index is 1060. The predicted octanol–water partition coefficient (Wildman–Crippen LogP) is 5.33. The minimum atomic E-state index is -0.308. The lowest BCUT2D eigenvalue weighted by Gasteiger charge is -2.13. The van der Waals surface area contributed by atoms with Crippen LogP contribution in [0.3, 0.4) is 0 Å². The van der Waals surface area contributed by atoms with Gasteiger partial charge in [-0.15, -0.1) is 11.3 Å². The van der Waals surface area contributed by atoms with Crippen LogP contribution in [-0.2, 0) is 22.6 Å². The average molecular weight is 474 g/mol. The molecule has 0 atom stereocenters. The second-order valence-electron chi connectivity index (χ2n) is 6.52. The zero-order valence-electron chi connectivity index (χ0n) is 17.8. The zero-order valence-corrected chi connectivity index (χ0v) is 19.4. The van der Waals surface area contributed by atoms with Gasteiger partial charge in [0.25, 0.3) is 0 Å². The van der Waals surface area contributed by atoms with Gasteiger partial charge in [0.2, 0.25) is 5.13 Å². The Labute approximate surface area is 196 Å². The number of nitrogens with zero attached hydrogens (tertiary/aromatic N) is 2. The first-order valence-corrected chi connectivity index (χ1v) is 11.4. The van der Waals surface area contributed by atoms with Crippen molar-refractivity contribution in [1.82, 2.24) is 4.98 Å². The van der Waals surface area contributed by atoms with Crippen LogP contribution in [0.15, 0.2) is 52.9 Å². The van der Waals surface area contributed by atoms with Crippen LogP contribution in [-0.4, -0.2) is 30.4 Å². The van der Waals surface area contributed by atoms with Crippen molar-refractivity contribution >= 4 is 40.3 Å². The summed E-state index contributed by atoms with van der Waals surface area (Å²) in [6, 6.07) is 13.4. The second-order valence-corrected chi connectivity index (χ2v) is 7.79. The molecule has 168 valence electrons.